The summed E-state index contributed by atoms with van der Waals surface area (Å²) in [6.07, 6.45) is 0. The molecule has 0 bridgehead atoms. The highest BCUT2D eigenvalue weighted by Gasteiger charge is 2.27. The zero-order valence-corrected chi connectivity index (χ0v) is 15.3. The van der Waals surface area contributed by atoms with Crippen molar-refractivity contribution in [2.75, 3.05) is 0 Å². The van der Waals surface area contributed by atoms with Crippen LogP contribution in [0.2, 0.25) is 5.02 Å². The van der Waals surface area contributed by atoms with Gasteiger partial charge in [-0.15, -0.1) is 0 Å². The summed E-state index contributed by atoms with van der Waals surface area (Å²) in [6.45, 7) is 4.92. The van der Waals surface area contributed by atoms with Crippen LogP contribution in [0.25, 0.3) is 11.3 Å². The third kappa shape index (κ3) is 3.41. The number of rotatable bonds is 3. The molecule has 27 heavy (non-hydrogen) atoms. The molecule has 1 aromatic carbocycles. The summed E-state index contributed by atoms with van der Waals surface area (Å²) < 4.78 is 24.1. The van der Waals surface area contributed by atoms with Crippen molar-refractivity contribution in [3.05, 3.63) is 57.3 Å². The molecule has 10 heteroatoms. The largest absolute Gasteiger partial charge is 0.361 e. The van der Waals surface area contributed by atoms with E-state index in [0.29, 0.717) is 22.7 Å². The predicted octanol–water partition coefficient (Wildman–Crippen LogP) is 3.12. The Morgan fingerprint density at radius 2 is 1.63 bits per heavy atom. The molecule has 3 aromatic rings. The van der Waals surface area contributed by atoms with Gasteiger partial charge >= 0.3 is 0 Å². The van der Waals surface area contributed by atoms with Crippen LogP contribution >= 0.6 is 11.6 Å². The molecule has 0 aliphatic rings. The van der Waals surface area contributed by atoms with Gasteiger partial charge in [-0.05, 0) is 32.9 Å². The fraction of sp³-hybridized carbons (Fsp3) is 0.176. The van der Waals surface area contributed by atoms with Crippen molar-refractivity contribution in [1.82, 2.24) is 21.2 Å². The Bertz CT molecular complexity index is 1000. The third-order valence-corrected chi connectivity index (χ3v) is 4.14. The van der Waals surface area contributed by atoms with E-state index in [0.717, 1.165) is 6.07 Å². The van der Waals surface area contributed by atoms with Crippen LogP contribution < -0.4 is 10.9 Å². The number of hydrogen-bond acceptors (Lipinski definition) is 6. The van der Waals surface area contributed by atoms with Crippen molar-refractivity contribution < 1.29 is 23.0 Å². The number of carbonyl (C=O) groups excluding carboxylic acids is 2. The van der Waals surface area contributed by atoms with Crippen molar-refractivity contribution in [2.45, 2.75) is 20.8 Å². The molecule has 3 rings (SSSR count). The summed E-state index contributed by atoms with van der Waals surface area (Å²) in [4.78, 5) is 24.7. The van der Waals surface area contributed by atoms with Gasteiger partial charge in [0.15, 0.2) is 5.76 Å². The molecule has 2 N–H and O–H groups in total. The Hall–Kier alpha value is -3.20. The summed E-state index contributed by atoms with van der Waals surface area (Å²) in [5.41, 5.74) is 5.33. The van der Waals surface area contributed by atoms with Crippen LogP contribution in [-0.2, 0) is 0 Å². The Labute approximate surface area is 157 Å². The SMILES string of the molecule is Cc1noc(-c2c(C)noc2C)c1C(=O)NNC(=O)c1c(F)cccc1Cl. The molecule has 2 aromatic heterocycles. The van der Waals surface area contributed by atoms with Crippen molar-refractivity contribution in [1.29, 1.82) is 0 Å². The summed E-state index contributed by atoms with van der Waals surface area (Å²) in [6, 6.07) is 3.81. The average Bonchev–Trinajstić information content (AvgIpc) is 3.14. The van der Waals surface area contributed by atoms with Gasteiger partial charge in [-0.25, -0.2) is 4.39 Å². The average molecular weight is 393 g/mol. The van der Waals surface area contributed by atoms with E-state index in [2.05, 4.69) is 21.2 Å². The highest BCUT2D eigenvalue weighted by atomic mass is 35.5. The normalized spacial score (nSPS) is 10.7. The molecule has 0 radical (unpaired) electrons. The summed E-state index contributed by atoms with van der Waals surface area (Å²) >= 11 is 5.84. The van der Waals surface area contributed by atoms with E-state index >= 15 is 0 Å². The smallest absolute Gasteiger partial charge is 0.275 e. The van der Waals surface area contributed by atoms with Crippen molar-refractivity contribution in [3.63, 3.8) is 0 Å². The number of amides is 2. The molecule has 0 unspecified atom stereocenters. The lowest BCUT2D eigenvalue weighted by molar-refractivity contribution is 0.0844. The maximum atomic E-state index is 13.8. The molecular formula is C17H14ClFN4O4. The fourth-order valence-electron chi connectivity index (χ4n) is 2.57. The number of benzene rings is 1. The second-order valence-corrected chi connectivity index (χ2v) is 6.08. The van der Waals surface area contributed by atoms with Gasteiger partial charge in [-0.3, -0.25) is 20.4 Å². The van der Waals surface area contributed by atoms with E-state index < -0.39 is 17.6 Å². The Morgan fingerprint density at radius 1 is 1.00 bits per heavy atom. The van der Waals surface area contributed by atoms with E-state index in [-0.39, 0.29) is 21.9 Å². The highest BCUT2D eigenvalue weighted by molar-refractivity contribution is 6.33. The minimum Gasteiger partial charge on any atom is -0.361 e. The first-order valence-corrected chi connectivity index (χ1v) is 8.13. The summed E-state index contributed by atoms with van der Waals surface area (Å²) in [7, 11) is 0. The topological polar surface area (TPSA) is 110 Å². The Balaban J connectivity index is 1.84. The van der Waals surface area contributed by atoms with Gasteiger partial charge in [0.1, 0.15) is 17.1 Å². The van der Waals surface area contributed by atoms with Gasteiger partial charge in [0.05, 0.1) is 27.5 Å². The van der Waals surface area contributed by atoms with E-state index in [9.17, 15) is 14.0 Å². The monoisotopic (exact) mass is 392 g/mol. The van der Waals surface area contributed by atoms with Gasteiger partial charge in [0.2, 0.25) is 0 Å². The second-order valence-electron chi connectivity index (χ2n) is 5.68. The molecule has 8 nitrogen and oxygen atoms in total. The maximum absolute atomic E-state index is 13.8. The van der Waals surface area contributed by atoms with Crippen molar-refractivity contribution in [2.24, 2.45) is 0 Å². The predicted molar refractivity (Wildman–Crippen MR) is 92.6 cm³/mol. The second kappa shape index (κ2) is 7.20. The number of aromatic nitrogens is 2. The van der Waals surface area contributed by atoms with Gasteiger partial charge in [0.25, 0.3) is 11.8 Å². The molecule has 0 spiro atoms. The zero-order chi connectivity index (χ0) is 19.7. The van der Waals surface area contributed by atoms with Gasteiger partial charge < -0.3 is 9.05 Å². The molecule has 140 valence electrons. The lowest BCUT2D eigenvalue weighted by Crippen LogP contribution is -2.42. The van der Waals surface area contributed by atoms with E-state index in [1.807, 2.05) is 0 Å². The highest BCUT2D eigenvalue weighted by Crippen LogP contribution is 2.31. The van der Waals surface area contributed by atoms with Crippen molar-refractivity contribution in [3.8, 4) is 11.3 Å². The van der Waals surface area contributed by atoms with E-state index in [4.69, 9.17) is 20.6 Å². The van der Waals surface area contributed by atoms with Gasteiger partial charge in [-0.1, -0.05) is 28.0 Å². The van der Waals surface area contributed by atoms with Gasteiger partial charge in [0, 0.05) is 0 Å². The van der Waals surface area contributed by atoms with Crippen LogP contribution in [0.5, 0.6) is 0 Å². The summed E-state index contributed by atoms with van der Waals surface area (Å²) in [5.74, 6) is -1.82. The molecule has 2 amide bonds. The number of hydrazine groups is 1. The minimum atomic E-state index is -0.903. The molecular weight excluding hydrogens is 379 g/mol. The number of nitrogens with zero attached hydrogens (tertiary/aromatic N) is 2. The minimum absolute atomic E-state index is 0.0840. The number of carbonyl (C=O) groups is 2. The number of aryl methyl sites for hydroxylation is 3. The molecule has 0 atom stereocenters. The molecule has 0 aliphatic heterocycles. The molecule has 0 fully saturated rings. The van der Waals surface area contributed by atoms with E-state index in [1.54, 1.807) is 20.8 Å². The molecule has 0 saturated carbocycles. The Morgan fingerprint density at radius 3 is 2.22 bits per heavy atom. The lowest BCUT2D eigenvalue weighted by atomic mass is 10.1. The molecule has 0 aliphatic carbocycles. The fourth-order valence-corrected chi connectivity index (χ4v) is 2.82. The number of nitrogens with one attached hydrogen (secondary N) is 2. The van der Waals surface area contributed by atoms with Crippen molar-refractivity contribution >= 4 is 23.4 Å². The molecule has 2 heterocycles. The van der Waals surface area contributed by atoms with Crippen LogP contribution in [0.4, 0.5) is 4.39 Å². The third-order valence-electron chi connectivity index (χ3n) is 3.83. The zero-order valence-electron chi connectivity index (χ0n) is 14.5. The molecule has 0 saturated heterocycles. The van der Waals surface area contributed by atoms with Crippen LogP contribution in [-0.4, -0.2) is 22.1 Å². The van der Waals surface area contributed by atoms with Crippen LogP contribution in [0.1, 0.15) is 37.9 Å². The van der Waals surface area contributed by atoms with Gasteiger partial charge in [-0.2, -0.15) is 0 Å². The van der Waals surface area contributed by atoms with Crippen LogP contribution in [0.15, 0.2) is 27.2 Å². The summed E-state index contributed by atoms with van der Waals surface area (Å²) in [5, 5.41) is 7.52. The Kier molecular flexibility index (Phi) is 4.95. The van der Waals surface area contributed by atoms with Crippen LogP contribution in [0, 0.1) is 26.6 Å². The maximum Gasteiger partial charge on any atom is 0.275 e. The first-order valence-electron chi connectivity index (χ1n) is 7.75. The van der Waals surface area contributed by atoms with Crippen LogP contribution in [0.3, 0.4) is 0 Å². The quantitative estimate of drug-likeness (QED) is 0.662. The first kappa shape index (κ1) is 18.6. The number of hydrogen-bond donors (Lipinski definition) is 2. The lowest BCUT2D eigenvalue weighted by Gasteiger charge is -2.09. The first-order chi connectivity index (χ1) is 12.8. The van der Waals surface area contributed by atoms with E-state index in [1.165, 1.54) is 12.1 Å². The number of halogens is 2. The standard InChI is InChI=1S/C17H14ClFN4O4/c1-7-12(9(3)26-22-7)15-13(8(2)23-27-15)16(24)20-21-17(25)14-10(18)5-4-6-11(14)19/h4-6H,1-3H3,(H,20,24)(H,21,25).